The molecule has 11 heteroatoms. The molecule has 0 atom stereocenters. The lowest BCUT2D eigenvalue weighted by atomic mass is 10.2. The van der Waals surface area contributed by atoms with Crippen molar-refractivity contribution in [2.75, 3.05) is 26.0 Å². The molecule has 3 rings (SSSR count). The minimum absolute atomic E-state index is 0.00144. The van der Waals surface area contributed by atoms with Gasteiger partial charge in [0.2, 0.25) is 15.9 Å². The maximum absolute atomic E-state index is 12.4. The van der Waals surface area contributed by atoms with Crippen LogP contribution in [-0.2, 0) is 14.8 Å². The molecule has 0 saturated carbocycles. The molecule has 0 aliphatic heterocycles. The fraction of sp³-hybridized carbons (Fsp3) is 0.150. The van der Waals surface area contributed by atoms with Gasteiger partial charge >= 0.3 is 0 Å². The number of rotatable bonds is 7. The number of anilines is 1. The lowest BCUT2D eigenvalue weighted by molar-refractivity contribution is -0.115. The summed E-state index contributed by atoms with van der Waals surface area (Å²) in [6.07, 6.45) is 3.47. The molecular weight excluding hydrogens is 442 g/mol. The highest BCUT2D eigenvalue weighted by atomic mass is 35.5. The van der Waals surface area contributed by atoms with Crippen LogP contribution >= 0.6 is 11.6 Å². The number of hydrogen-bond acceptors (Lipinski definition) is 5. The molecular formula is C20H20ClN5O4S. The topological polar surface area (TPSA) is 113 Å². The second-order valence-corrected chi connectivity index (χ2v) is 9.19. The third-order valence-corrected chi connectivity index (χ3v) is 6.58. The molecule has 0 bridgehead atoms. The van der Waals surface area contributed by atoms with Crippen LogP contribution in [0.25, 0.3) is 5.69 Å². The zero-order valence-corrected chi connectivity index (χ0v) is 18.3. The first-order chi connectivity index (χ1) is 14.7. The van der Waals surface area contributed by atoms with Gasteiger partial charge in [0.15, 0.2) is 0 Å². The van der Waals surface area contributed by atoms with Crippen molar-refractivity contribution < 1.29 is 18.0 Å². The summed E-state index contributed by atoms with van der Waals surface area (Å²) in [7, 11) is -1.09. The number of hydrogen-bond donors (Lipinski definition) is 2. The molecule has 0 fully saturated rings. The Kier molecular flexibility index (Phi) is 6.74. The molecule has 0 saturated heterocycles. The van der Waals surface area contributed by atoms with Crippen LogP contribution in [0.2, 0.25) is 5.02 Å². The third kappa shape index (κ3) is 5.29. The number of aromatic nitrogens is 2. The van der Waals surface area contributed by atoms with Crippen LogP contribution in [0.5, 0.6) is 0 Å². The molecule has 1 heterocycles. The molecule has 2 aromatic carbocycles. The van der Waals surface area contributed by atoms with E-state index in [1.807, 2.05) is 0 Å². The Morgan fingerprint density at radius 3 is 2.45 bits per heavy atom. The van der Waals surface area contributed by atoms with E-state index in [-0.39, 0.29) is 22.0 Å². The molecule has 9 nitrogen and oxygen atoms in total. The highest BCUT2D eigenvalue weighted by Crippen LogP contribution is 2.24. The SMILES string of the molecule is CN(C)S(=O)(=O)c1cc(C(=O)NCC(=O)Nc2ccc(-n3cccn3)cc2)ccc1Cl. The summed E-state index contributed by atoms with van der Waals surface area (Å²) in [5.41, 5.74) is 1.46. The zero-order chi connectivity index (χ0) is 22.6. The molecule has 0 spiro atoms. The molecule has 162 valence electrons. The second-order valence-electron chi connectivity index (χ2n) is 6.66. The molecule has 0 radical (unpaired) electrons. The van der Waals surface area contributed by atoms with Crippen molar-refractivity contribution in [3.63, 3.8) is 0 Å². The molecule has 1 aromatic heterocycles. The average Bonchev–Trinajstić information content (AvgIpc) is 3.27. The van der Waals surface area contributed by atoms with Crippen LogP contribution in [0, 0.1) is 0 Å². The van der Waals surface area contributed by atoms with E-state index in [4.69, 9.17) is 11.6 Å². The van der Waals surface area contributed by atoms with E-state index in [2.05, 4.69) is 15.7 Å². The molecule has 3 aromatic rings. The van der Waals surface area contributed by atoms with Crippen molar-refractivity contribution >= 4 is 39.1 Å². The smallest absolute Gasteiger partial charge is 0.251 e. The van der Waals surface area contributed by atoms with Crippen molar-refractivity contribution in [2.24, 2.45) is 0 Å². The van der Waals surface area contributed by atoms with Gasteiger partial charge in [-0.05, 0) is 48.5 Å². The second kappa shape index (κ2) is 9.29. The predicted molar refractivity (Wildman–Crippen MR) is 117 cm³/mol. The minimum Gasteiger partial charge on any atom is -0.343 e. The van der Waals surface area contributed by atoms with Crippen molar-refractivity contribution in [2.45, 2.75) is 4.90 Å². The van der Waals surface area contributed by atoms with Crippen LogP contribution in [0.3, 0.4) is 0 Å². The summed E-state index contributed by atoms with van der Waals surface area (Å²) in [5, 5.41) is 9.26. The number of sulfonamides is 1. The van der Waals surface area contributed by atoms with E-state index in [1.54, 1.807) is 47.4 Å². The maximum atomic E-state index is 12.4. The van der Waals surface area contributed by atoms with Crippen LogP contribution < -0.4 is 10.6 Å². The van der Waals surface area contributed by atoms with Crippen LogP contribution in [0.4, 0.5) is 5.69 Å². The van der Waals surface area contributed by atoms with Gasteiger partial charge in [0.1, 0.15) is 4.90 Å². The van der Waals surface area contributed by atoms with Gasteiger partial charge < -0.3 is 10.6 Å². The summed E-state index contributed by atoms with van der Waals surface area (Å²) in [5.74, 6) is -1.04. The number of nitrogens with zero attached hydrogens (tertiary/aromatic N) is 3. The maximum Gasteiger partial charge on any atom is 0.251 e. The summed E-state index contributed by atoms with van der Waals surface area (Å²) in [4.78, 5) is 24.4. The zero-order valence-electron chi connectivity index (χ0n) is 16.7. The van der Waals surface area contributed by atoms with Gasteiger partial charge in [0.25, 0.3) is 5.91 Å². The summed E-state index contributed by atoms with van der Waals surface area (Å²) < 4.78 is 27.4. The first kappa shape index (κ1) is 22.5. The number of benzene rings is 2. The monoisotopic (exact) mass is 461 g/mol. The molecule has 2 amide bonds. The first-order valence-electron chi connectivity index (χ1n) is 9.08. The van der Waals surface area contributed by atoms with E-state index >= 15 is 0 Å². The number of carbonyl (C=O) groups excluding carboxylic acids is 2. The molecule has 2 N–H and O–H groups in total. The van der Waals surface area contributed by atoms with Gasteiger partial charge in [0, 0.05) is 37.7 Å². The quantitative estimate of drug-likeness (QED) is 0.559. The van der Waals surface area contributed by atoms with Gasteiger partial charge in [-0.3, -0.25) is 9.59 Å². The molecule has 0 unspecified atom stereocenters. The molecule has 0 aliphatic rings. The van der Waals surface area contributed by atoms with E-state index < -0.39 is 21.8 Å². The Balaban J connectivity index is 1.61. The van der Waals surface area contributed by atoms with Crippen molar-refractivity contribution in [3.8, 4) is 5.69 Å². The van der Waals surface area contributed by atoms with Crippen molar-refractivity contribution in [1.29, 1.82) is 0 Å². The molecule has 0 aliphatic carbocycles. The van der Waals surface area contributed by atoms with E-state index in [0.717, 1.165) is 9.99 Å². The highest BCUT2D eigenvalue weighted by molar-refractivity contribution is 7.89. The Labute approximate surface area is 184 Å². The van der Waals surface area contributed by atoms with Gasteiger partial charge in [-0.15, -0.1) is 0 Å². The number of halogens is 1. The first-order valence-corrected chi connectivity index (χ1v) is 10.9. The van der Waals surface area contributed by atoms with E-state index in [0.29, 0.717) is 5.69 Å². The van der Waals surface area contributed by atoms with Gasteiger partial charge in [-0.25, -0.2) is 17.4 Å². The summed E-state index contributed by atoms with van der Waals surface area (Å²) in [6.45, 7) is -0.294. The third-order valence-electron chi connectivity index (χ3n) is 4.28. The van der Waals surface area contributed by atoms with Crippen LogP contribution in [0.15, 0.2) is 65.8 Å². The number of nitrogens with one attached hydrogen (secondary N) is 2. The van der Waals surface area contributed by atoms with Crippen LogP contribution in [-0.4, -0.2) is 55.0 Å². The van der Waals surface area contributed by atoms with Crippen LogP contribution in [0.1, 0.15) is 10.4 Å². The Hall–Kier alpha value is -3.21. The number of amides is 2. The Morgan fingerprint density at radius 1 is 1.13 bits per heavy atom. The Bertz CT molecular complexity index is 1190. The lowest BCUT2D eigenvalue weighted by Gasteiger charge is -2.14. The van der Waals surface area contributed by atoms with E-state index in [9.17, 15) is 18.0 Å². The van der Waals surface area contributed by atoms with E-state index in [1.165, 1.54) is 32.3 Å². The lowest BCUT2D eigenvalue weighted by Crippen LogP contribution is -2.33. The Morgan fingerprint density at radius 2 is 1.84 bits per heavy atom. The fourth-order valence-electron chi connectivity index (χ4n) is 2.63. The highest BCUT2D eigenvalue weighted by Gasteiger charge is 2.22. The van der Waals surface area contributed by atoms with Crippen molar-refractivity contribution in [3.05, 3.63) is 71.5 Å². The van der Waals surface area contributed by atoms with Gasteiger partial charge in [-0.2, -0.15) is 5.10 Å². The minimum atomic E-state index is -3.82. The average molecular weight is 462 g/mol. The normalized spacial score (nSPS) is 11.4. The fourth-order valence-corrected chi connectivity index (χ4v) is 4.02. The predicted octanol–water partition coefficient (Wildman–Crippen LogP) is 2.14. The molecule has 31 heavy (non-hydrogen) atoms. The van der Waals surface area contributed by atoms with Gasteiger partial charge in [0.05, 0.1) is 17.3 Å². The summed E-state index contributed by atoms with van der Waals surface area (Å²) in [6, 6.07) is 12.7. The van der Waals surface area contributed by atoms with Gasteiger partial charge in [-0.1, -0.05) is 11.6 Å². The standard InChI is InChI=1S/C20H20ClN5O4S/c1-25(2)31(29,30)18-12-14(4-9-17(18)21)20(28)22-13-19(27)24-15-5-7-16(8-6-15)26-11-3-10-23-26/h3-12H,13H2,1-2H3,(H,22,28)(H,24,27). The largest absolute Gasteiger partial charge is 0.343 e. The van der Waals surface area contributed by atoms with Crippen molar-refractivity contribution in [1.82, 2.24) is 19.4 Å². The number of carbonyl (C=O) groups is 2. The summed E-state index contributed by atoms with van der Waals surface area (Å²) >= 11 is 5.98.